The van der Waals surface area contributed by atoms with Gasteiger partial charge in [-0.15, -0.1) is 0 Å². The van der Waals surface area contributed by atoms with Gasteiger partial charge in [0.1, 0.15) is 10.4 Å². The molecule has 10 heavy (non-hydrogen) atoms. The molecule has 0 fully saturated rings. The number of rotatable bonds is 4. The number of hydrogen-bond acceptors (Lipinski definition) is 4. The van der Waals surface area contributed by atoms with Crippen molar-refractivity contribution in [2.75, 3.05) is 0 Å². The highest BCUT2D eigenvalue weighted by molar-refractivity contribution is 8.00. The van der Waals surface area contributed by atoms with E-state index in [9.17, 15) is 9.59 Å². The fraction of sp³-hybridized carbons (Fsp3) is 0.667. The predicted octanol–water partition coefficient (Wildman–Crippen LogP) is 1.11. The fourth-order valence-electron chi connectivity index (χ4n) is 0.411. The second kappa shape index (κ2) is 4.79. The van der Waals surface area contributed by atoms with Crippen molar-refractivity contribution in [3.63, 3.8) is 0 Å². The molecule has 0 radical (unpaired) electrons. The van der Waals surface area contributed by atoms with Crippen LogP contribution in [-0.4, -0.2) is 16.1 Å². The molecule has 0 saturated carbocycles. The summed E-state index contributed by atoms with van der Waals surface area (Å²) in [7, 11) is 0. The van der Waals surface area contributed by atoms with Gasteiger partial charge in [-0.1, -0.05) is 6.92 Å². The average molecular weight is 178 g/mol. The monoisotopic (exact) mass is 178 g/mol. The van der Waals surface area contributed by atoms with E-state index >= 15 is 0 Å². The molecule has 0 spiro atoms. The van der Waals surface area contributed by atoms with Gasteiger partial charge in [-0.3, -0.25) is 9.59 Å². The van der Waals surface area contributed by atoms with E-state index in [1.54, 1.807) is 6.92 Å². The zero-order valence-electron chi connectivity index (χ0n) is 5.70. The summed E-state index contributed by atoms with van der Waals surface area (Å²) in [5.74, 6) is -0.281. The van der Waals surface area contributed by atoms with Crippen LogP contribution in [0.25, 0.3) is 0 Å². The molecule has 0 amide bonds. The van der Waals surface area contributed by atoms with E-state index in [0.29, 0.717) is 6.42 Å². The summed E-state index contributed by atoms with van der Waals surface area (Å²) < 4.78 is -0.615. The minimum Gasteiger partial charge on any atom is -0.299 e. The van der Waals surface area contributed by atoms with Crippen LogP contribution in [0.5, 0.6) is 0 Å². The highest BCUT2D eigenvalue weighted by Crippen LogP contribution is 2.05. The molecule has 0 aromatic heterocycles. The van der Waals surface area contributed by atoms with Crippen LogP contribution in [0.15, 0.2) is 0 Å². The summed E-state index contributed by atoms with van der Waals surface area (Å²) in [5, 5.41) is 0. The van der Waals surface area contributed by atoms with E-state index in [0.717, 1.165) is 0 Å². The smallest absolute Gasteiger partial charge is 0.162 e. The standard InChI is InChI=1S/C6H10O2S2/c1-2-4(7)3-5(8)6(9)10/h6,9-10H,2-3H2,1H3. The molecular formula is C6H10O2S2. The first-order chi connectivity index (χ1) is 4.57. The normalized spacial score (nSPS) is 10.0. The summed E-state index contributed by atoms with van der Waals surface area (Å²) in [6, 6.07) is 0. The van der Waals surface area contributed by atoms with Gasteiger partial charge in [0.25, 0.3) is 0 Å². The lowest BCUT2D eigenvalue weighted by atomic mass is 10.2. The van der Waals surface area contributed by atoms with Crippen LogP contribution >= 0.6 is 25.3 Å². The molecule has 2 nitrogen and oxygen atoms in total. The molecule has 0 aromatic carbocycles. The Morgan fingerprint density at radius 3 is 2.20 bits per heavy atom. The van der Waals surface area contributed by atoms with Gasteiger partial charge in [0, 0.05) is 6.42 Å². The highest BCUT2D eigenvalue weighted by Gasteiger charge is 2.11. The molecule has 0 bridgehead atoms. The number of ketones is 2. The SMILES string of the molecule is CCC(=O)CC(=O)C(S)S. The number of Topliss-reactive ketones (excluding diaryl/α,β-unsaturated/α-hetero) is 2. The van der Waals surface area contributed by atoms with Crippen molar-refractivity contribution in [2.24, 2.45) is 0 Å². The van der Waals surface area contributed by atoms with E-state index in [1.165, 1.54) is 0 Å². The van der Waals surface area contributed by atoms with Crippen molar-refractivity contribution >= 4 is 36.8 Å². The molecule has 58 valence electrons. The first-order valence-electron chi connectivity index (χ1n) is 2.98. The first-order valence-corrected chi connectivity index (χ1v) is 4.01. The van der Waals surface area contributed by atoms with E-state index in [1.807, 2.05) is 0 Å². The Bertz CT molecular complexity index is 143. The van der Waals surface area contributed by atoms with Crippen molar-refractivity contribution in [2.45, 2.75) is 24.3 Å². The third-order valence-electron chi connectivity index (χ3n) is 1.05. The first kappa shape index (κ1) is 10.0. The quantitative estimate of drug-likeness (QED) is 0.384. The van der Waals surface area contributed by atoms with Crippen LogP contribution in [0, 0.1) is 0 Å². The maximum absolute atomic E-state index is 10.7. The molecule has 0 aromatic rings. The minimum atomic E-state index is -0.615. The molecule has 0 saturated heterocycles. The van der Waals surface area contributed by atoms with Gasteiger partial charge in [0.2, 0.25) is 0 Å². The second-order valence-electron chi connectivity index (χ2n) is 1.91. The van der Waals surface area contributed by atoms with Crippen LogP contribution in [0.4, 0.5) is 0 Å². The van der Waals surface area contributed by atoms with E-state index in [2.05, 4.69) is 25.3 Å². The van der Waals surface area contributed by atoms with Crippen LogP contribution in [0.3, 0.4) is 0 Å². The Labute approximate surface area is 71.2 Å². The maximum atomic E-state index is 10.7. The number of hydrogen-bond donors (Lipinski definition) is 2. The number of thiol groups is 2. The summed E-state index contributed by atoms with van der Waals surface area (Å²) in [6.07, 6.45) is 0.369. The zero-order valence-corrected chi connectivity index (χ0v) is 7.49. The van der Waals surface area contributed by atoms with Gasteiger partial charge >= 0.3 is 0 Å². The highest BCUT2D eigenvalue weighted by atomic mass is 32.2. The Morgan fingerprint density at radius 2 is 1.90 bits per heavy atom. The Kier molecular flexibility index (Phi) is 4.81. The third kappa shape index (κ3) is 3.95. The molecule has 0 atom stereocenters. The van der Waals surface area contributed by atoms with Gasteiger partial charge in [0.15, 0.2) is 5.78 Å². The average Bonchev–Trinajstić information content (AvgIpc) is 1.87. The topological polar surface area (TPSA) is 34.1 Å². The largest absolute Gasteiger partial charge is 0.299 e. The number of carbonyl (C=O) groups is 2. The van der Waals surface area contributed by atoms with Crippen LogP contribution in [-0.2, 0) is 9.59 Å². The summed E-state index contributed by atoms with van der Waals surface area (Å²) in [4.78, 5) is 21.4. The summed E-state index contributed by atoms with van der Waals surface area (Å²) in [5.41, 5.74) is 0. The fourth-order valence-corrected chi connectivity index (χ4v) is 0.593. The van der Waals surface area contributed by atoms with Crippen molar-refractivity contribution in [1.82, 2.24) is 0 Å². The lowest BCUT2D eigenvalue weighted by molar-refractivity contribution is -0.125. The van der Waals surface area contributed by atoms with Crippen LogP contribution < -0.4 is 0 Å². The van der Waals surface area contributed by atoms with E-state index < -0.39 is 4.58 Å². The third-order valence-corrected chi connectivity index (χ3v) is 1.63. The van der Waals surface area contributed by atoms with Gasteiger partial charge in [0.05, 0.1) is 6.42 Å². The number of carbonyl (C=O) groups excluding carboxylic acids is 2. The van der Waals surface area contributed by atoms with Crippen LogP contribution in [0.1, 0.15) is 19.8 Å². The molecule has 0 N–H and O–H groups in total. The Balaban J connectivity index is 3.69. The van der Waals surface area contributed by atoms with Gasteiger partial charge in [-0.25, -0.2) is 0 Å². The van der Waals surface area contributed by atoms with Gasteiger partial charge in [-0.2, -0.15) is 25.3 Å². The van der Waals surface area contributed by atoms with Gasteiger partial charge < -0.3 is 0 Å². The van der Waals surface area contributed by atoms with E-state index in [-0.39, 0.29) is 18.0 Å². The molecule has 0 unspecified atom stereocenters. The molecule has 0 aliphatic carbocycles. The Morgan fingerprint density at radius 1 is 1.40 bits per heavy atom. The molecular weight excluding hydrogens is 168 g/mol. The summed E-state index contributed by atoms with van der Waals surface area (Å²) in [6.45, 7) is 1.72. The molecule has 4 heteroatoms. The predicted molar refractivity (Wildman–Crippen MR) is 46.7 cm³/mol. The van der Waals surface area contributed by atoms with Crippen LogP contribution in [0.2, 0.25) is 0 Å². The molecule has 0 rings (SSSR count). The lowest BCUT2D eigenvalue weighted by Gasteiger charge is -1.98. The molecule has 0 aliphatic rings. The Hall–Kier alpha value is 0.0400. The van der Waals surface area contributed by atoms with Gasteiger partial charge in [-0.05, 0) is 0 Å². The zero-order chi connectivity index (χ0) is 8.15. The second-order valence-corrected chi connectivity index (χ2v) is 3.35. The van der Waals surface area contributed by atoms with Crippen molar-refractivity contribution in [1.29, 1.82) is 0 Å². The molecule has 0 aliphatic heterocycles. The van der Waals surface area contributed by atoms with Crippen molar-refractivity contribution in [3.05, 3.63) is 0 Å². The molecule has 0 heterocycles. The van der Waals surface area contributed by atoms with Crippen molar-refractivity contribution in [3.8, 4) is 0 Å². The lowest BCUT2D eigenvalue weighted by Crippen LogP contribution is -2.12. The minimum absolute atomic E-state index is 0.0336. The maximum Gasteiger partial charge on any atom is 0.162 e. The van der Waals surface area contributed by atoms with Crippen molar-refractivity contribution < 1.29 is 9.59 Å². The summed E-state index contributed by atoms with van der Waals surface area (Å²) >= 11 is 7.54. The van der Waals surface area contributed by atoms with E-state index in [4.69, 9.17) is 0 Å².